The first kappa shape index (κ1) is 20.9. The lowest BCUT2D eigenvalue weighted by molar-refractivity contribution is -0.0867. The molecule has 1 spiro atoms. The third kappa shape index (κ3) is 3.13. The van der Waals surface area contributed by atoms with E-state index in [0.29, 0.717) is 18.1 Å². The number of nitrogens with zero attached hydrogens (tertiary/aromatic N) is 4. The van der Waals surface area contributed by atoms with Crippen molar-refractivity contribution in [3.63, 3.8) is 0 Å². The number of amidine groups is 1. The number of fused-ring (bicyclic) bond motifs is 3. The second-order valence-corrected chi connectivity index (χ2v) is 8.89. The summed E-state index contributed by atoms with van der Waals surface area (Å²) in [5, 5.41) is 4.35. The van der Waals surface area contributed by atoms with Crippen molar-refractivity contribution >= 4 is 11.9 Å². The molecule has 1 fully saturated rings. The predicted molar refractivity (Wildman–Crippen MR) is 122 cm³/mol. The van der Waals surface area contributed by atoms with Crippen molar-refractivity contribution in [1.29, 1.82) is 0 Å². The van der Waals surface area contributed by atoms with Crippen molar-refractivity contribution in [3.05, 3.63) is 70.8 Å². The fourth-order valence-electron chi connectivity index (χ4n) is 5.13. The van der Waals surface area contributed by atoms with E-state index in [4.69, 9.17) is 14.3 Å². The highest BCUT2D eigenvalue weighted by atomic mass is 19.1. The van der Waals surface area contributed by atoms with Gasteiger partial charge in [-0.2, -0.15) is 0 Å². The van der Waals surface area contributed by atoms with Gasteiger partial charge in [-0.1, -0.05) is 11.2 Å². The van der Waals surface area contributed by atoms with Gasteiger partial charge in [-0.3, -0.25) is 0 Å². The molecule has 2 atom stereocenters. The van der Waals surface area contributed by atoms with E-state index >= 15 is 0 Å². The molecular weight excluding hydrogens is 442 g/mol. The van der Waals surface area contributed by atoms with Crippen molar-refractivity contribution in [2.24, 2.45) is 5.16 Å². The van der Waals surface area contributed by atoms with E-state index in [1.54, 1.807) is 13.4 Å². The predicted octanol–water partition coefficient (Wildman–Crippen LogP) is 4.59. The molecule has 0 saturated carbocycles. The van der Waals surface area contributed by atoms with Crippen LogP contribution in [0.25, 0.3) is 11.8 Å². The Kier molecular flexibility index (Phi) is 4.75. The lowest BCUT2D eigenvalue weighted by atomic mass is 9.91. The van der Waals surface area contributed by atoms with E-state index in [1.165, 1.54) is 0 Å². The van der Waals surface area contributed by atoms with Gasteiger partial charge in [-0.15, -0.1) is 0 Å². The average Bonchev–Trinajstić information content (AvgIpc) is 3.52. The number of benzene rings is 1. The highest BCUT2D eigenvalue weighted by Gasteiger charge is 2.58. The second-order valence-electron chi connectivity index (χ2n) is 8.89. The summed E-state index contributed by atoms with van der Waals surface area (Å²) in [5.41, 5.74) is 2.83. The number of rotatable bonds is 3. The molecule has 1 saturated heterocycles. The Hall–Kier alpha value is -3.62. The Labute approximate surface area is 195 Å². The van der Waals surface area contributed by atoms with Crippen LogP contribution in [0.2, 0.25) is 0 Å². The number of halogens is 2. The van der Waals surface area contributed by atoms with Gasteiger partial charge in [0.25, 0.3) is 5.72 Å². The van der Waals surface area contributed by atoms with Gasteiger partial charge >= 0.3 is 0 Å². The number of methoxy groups -OCH3 is 1. The van der Waals surface area contributed by atoms with Crippen molar-refractivity contribution < 1.29 is 23.1 Å². The standard InChI is InChI=1S/C25H24F2N4O3/c1-15-12-30(14-28-15)20-6-5-16(9-21(20)32-2)8-17-4-3-7-31-24(17)29-34-25(31)13-33-22-11-18(26)10-19(27)23(22)25/h5-6,8-10,12,14,18H,3-4,7,11,13H2,1-2H3/b17-8+. The highest BCUT2D eigenvalue weighted by molar-refractivity contribution is 6.04. The van der Waals surface area contributed by atoms with Gasteiger partial charge < -0.3 is 23.8 Å². The fraction of sp³-hybridized carbons (Fsp3) is 0.360. The molecule has 9 heteroatoms. The van der Waals surface area contributed by atoms with Gasteiger partial charge in [0.1, 0.15) is 23.5 Å². The molecule has 0 bridgehead atoms. The van der Waals surface area contributed by atoms with Crippen LogP contribution >= 0.6 is 0 Å². The van der Waals surface area contributed by atoms with Crippen LogP contribution in [-0.4, -0.2) is 52.4 Å². The molecule has 2 aromatic rings. The largest absolute Gasteiger partial charge is 0.495 e. The molecule has 0 amide bonds. The summed E-state index contributed by atoms with van der Waals surface area (Å²) in [6, 6.07) is 5.96. The zero-order valence-corrected chi connectivity index (χ0v) is 18.9. The summed E-state index contributed by atoms with van der Waals surface area (Å²) in [4.78, 5) is 12.1. The summed E-state index contributed by atoms with van der Waals surface area (Å²) in [5.74, 6) is 1.06. The van der Waals surface area contributed by atoms with Crippen molar-refractivity contribution in [2.75, 3.05) is 20.3 Å². The number of hydrogen-bond donors (Lipinski definition) is 0. The minimum Gasteiger partial charge on any atom is -0.495 e. The second kappa shape index (κ2) is 7.72. The van der Waals surface area contributed by atoms with Crippen molar-refractivity contribution in [3.8, 4) is 11.4 Å². The number of ether oxygens (including phenoxy) is 2. The normalized spacial score (nSPS) is 26.8. The average molecular weight is 466 g/mol. The number of alkyl halides is 1. The Morgan fingerprint density at radius 2 is 2.21 bits per heavy atom. The Balaban J connectivity index is 1.32. The molecule has 6 rings (SSSR count). The minimum atomic E-state index is -1.39. The molecule has 0 radical (unpaired) electrons. The van der Waals surface area contributed by atoms with Crippen LogP contribution in [0.15, 0.2) is 64.7 Å². The van der Waals surface area contributed by atoms with E-state index < -0.39 is 17.7 Å². The third-order valence-electron chi connectivity index (χ3n) is 6.68. The van der Waals surface area contributed by atoms with Crippen LogP contribution in [0.1, 0.15) is 30.5 Å². The molecule has 34 heavy (non-hydrogen) atoms. The zero-order chi connectivity index (χ0) is 23.4. The van der Waals surface area contributed by atoms with Crippen LogP contribution in [0.4, 0.5) is 8.78 Å². The van der Waals surface area contributed by atoms with Gasteiger partial charge in [0.2, 0.25) is 0 Å². The number of oxime groups is 1. The van der Waals surface area contributed by atoms with Crippen LogP contribution in [-0.2, 0) is 9.57 Å². The molecule has 176 valence electrons. The first-order valence-electron chi connectivity index (χ1n) is 11.3. The molecule has 1 aliphatic carbocycles. The van der Waals surface area contributed by atoms with Crippen LogP contribution in [0.3, 0.4) is 0 Å². The Bertz CT molecular complexity index is 1290. The molecular formula is C25H24F2N4O3. The molecule has 7 nitrogen and oxygen atoms in total. The van der Waals surface area contributed by atoms with Crippen molar-refractivity contribution in [2.45, 2.75) is 38.1 Å². The monoisotopic (exact) mass is 466 g/mol. The van der Waals surface area contributed by atoms with Gasteiger partial charge in [-0.25, -0.2) is 13.8 Å². The fourth-order valence-corrected chi connectivity index (χ4v) is 5.13. The topological polar surface area (TPSA) is 61.1 Å². The van der Waals surface area contributed by atoms with Crippen LogP contribution in [0.5, 0.6) is 5.75 Å². The molecule has 0 N–H and O–H groups in total. The van der Waals surface area contributed by atoms with Gasteiger partial charge in [0.15, 0.2) is 12.4 Å². The number of allylic oxidation sites excluding steroid dienone is 2. The molecule has 1 aromatic carbocycles. The number of hydrogen-bond acceptors (Lipinski definition) is 6. The number of aryl methyl sites for hydroxylation is 1. The number of piperidine rings is 1. The van der Waals surface area contributed by atoms with E-state index in [2.05, 4.69) is 16.2 Å². The number of imidazole rings is 1. The zero-order valence-electron chi connectivity index (χ0n) is 18.9. The molecule has 4 aliphatic rings. The number of aromatic nitrogens is 2. The van der Waals surface area contributed by atoms with Crippen LogP contribution < -0.4 is 4.74 Å². The highest BCUT2D eigenvalue weighted by Crippen LogP contribution is 2.49. The lowest BCUT2D eigenvalue weighted by Crippen LogP contribution is -2.53. The summed E-state index contributed by atoms with van der Waals surface area (Å²) in [6.07, 6.45) is 7.01. The molecule has 4 heterocycles. The first-order valence-corrected chi connectivity index (χ1v) is 11.3. The summed E-state index contributed by atoms with van der Waals surface area (Å²) >= 11 is 0. The van der Waals surface area contributed by atoms with Crippen LogP contribution in [0, 0.1) is 6.92 Å². The summed E-state index contributed by atoms with van der Waals surface area (Å²) in [6.45, 7) is 2.66. The quantitative estimate of drug-likeness (QED) is 0.662. The van der Waals surface area contributed by atoms with E-state index in [0.717, 1.165) is 47.2 Å². The maximum Gasteiger partial charge on any atom is 0.277 e. The van der Waals surface area contributed by atoms with Gasteiger partial charge in [0, 0.05) is 19.2 Å². The third-order valence-corrected chi connectivity index (χ3v) is 6.68. The Morgan fingerprint density at radius 1 is 1.32 bits per heavy atom. The van der Waals surface area contributed by atoms with E-state index in [1.807, 2.05) is 40.8 Å². The maximum atomic E-state index is 14.8. The maximum absolute atomic E-state index is 14.8. The molecule has 2 unspecified atom stereocenters. The van der Waals surface area contributed by atoms with E-state index in [-0.39, 0.29) is 18.6 Å². The van der Waals surface area contributed by atoms with Gasteiger partial charge in [-0.05, 0) is 55.2 Å². The van der Waals surface area contributed by atoms with Crippen molar-refractivity contribution in [1.82, 2.24) is 14.5 Å². The lowest BCUT2D eigenvalue weighted by Gasteiger charge is -2.37. The SMILES string of the molecule is COc1cc(/C=C2\CCCN3C2=NOC32COC3=C2C(F)=CC(F)C3)ccc1-n1cnc(C)c1. The molecule has 1 aromatic heterocycles. The smallest absolute Gasteiger partial charge is 0.277 e. The summed E-state index contributed by atoms with van der Waals surface area (Å²) < 4.78 is 41.9. The summed E-state index contributed by atoms with van der Waals surface area (Å²) in [7, 11) is 1.64. The Morgan fingerprint density at radius 3 is 3.00 bits per heavy atom. The minimum absolute atomic E-state index is 0.0162. The van der Waals surface area contributed by atoms with Gasteiger partial charge in [0.05, 0.1) is 30.4 Å². The molecule has 3 aliphatic heterocycles. The van der Waals surface area contributed by atoms with E-state index in [9.17, 15) is 8.78 Å². The first-order chi connectivity index (χ1) is 16.5.